The first-order valence-corrected chi connectivity index (χ1v) is 7.17. The predicted octanol–water partition coefficient (Wildman–Crippen LogP) is 1.21. The van der Waals surface area contributed by atoms with Gasteiger partial charge < -0.3 is 20.3 Å². The highest BCUT2D eigenvalue weighted by atomic mass is 32.2. The summed E-state index contributed by atoms with van der Waals surface area (Å²) in [5.74, 6) is -1.38. The second-order valence-corrected chi connectivity index (χ2v) is 6.72. The molecule has 8 heteroatoms. The van der Waals surface area contributed by atoms with Gasteiger partial charge in [-0.25, -0.2) is 14.6 Å². The molecule has 0 radical (unpaired) electrons. The van der Waals surface area contributed by atoms with E-state index >= 15 is 0 Å². The van der Waals surface area contributed by atoms with E-state index < -0.39 is 23.4 Å². The zero-order valence-electron chi connectivity index (χ0n) is 12.0. The van der Waals surface area contributed by atoms with Crippen LogP contribution in [0.3, 0.4) is 0 Å². The maximum Gasteiger partial charge on any atom is 0.407 e. The third kappa shape index (κ3) is 5.01. The molecule has 0 saturated heterocycles. The number of ether oxygens (including phenoxy) is 1. The Morgan fingerprint density at radius 1 is 1.55 bits per heavy atom. The average molecular weight is 304 g/mol. The molecule has 2 unspecified atom stereocenters. The SMILES string of the molecule is CC(CC1=NC(O)(C(=O)O)CS1)NC(=O)OC(C)(C)C. The van der Waals surface area contributed by atoms with Crippen molar-refractivity contribution in [3.63, 3.8) is 0 Å². The second kappa shape index (κ2) is 6.01. The van der Waals surface area contributed by atoms with Crippen molar-refractivity contribution in [3.05, 3.63) is 0 Å². The lowest BCUT2D eigenvalue weighted by Gasteiger charge is -2.21. The van der Waals surface area contributed by atoms with Crippen LogP contribution in [0.15, 0.2) is 4.99 Å². The van der Waals surface area contributed by atoms with Gasteiger partial charge >= 0.3 is 12.1 Å². The first-order valence-electron chi connectivity index (χ1n) is 6.19. The van der Waals surface area contributed by atoms with Gasteiger partial charge in [-0.1, -0.05) is 0 Å². The van der Waals surface area contributed by atoms with Gasteiger partial charge in [-0.15, -0.1) is 11.8 Å². The molecule has 1 rings (SSSR count). The maximum absolute atomic E-state index is 11.6. The van der Waals surface area contributed by atoms with Crippen LogP contribution < -0.4 is 5.32 Å². The van der Waals surface area contributed by atoms with E-state index in [1.807, 2.05) is 0 Å². The second-order valence-electron chi connectivity index (χ2n) is 5.67. The van der Waals surface area contributed by atoms with Crippen molar-refractivity contribution < 1.29 is 24.5 Å². The van der Waals surface area contributed by atoms with Crippen LogP contribution in [-0.2, 0) is 9.53 Å². The minimum Gasteiger partial charge on any atom is -0.478 e. The van der Waals surface area contributed by atoms with E-state index in [4.69, 9.17) is 9.84 Å². The van der Waals surface area contributed by atoms with Crippen molar-refractivity contribution in [3.8, 4) is 0 Å². The van der Waals surface area contributed by atoms with Gasteiger partial charge in [-0.05, 0) is 27.7 Å². The number of carbonyl (C=O) groups is 2. The van der Waals surface area contributed by atoms with Crippen LogP contribution in [0.4, 0.5) is 4.79 Å². The number of hydrogen-bond acceptors (Lipinski definition) is 6. The van der Waals surface area contributed by atoms with Crippen molar-refractivity contribution in [2.45, 2.75) is 51.5 Å². The van der Waals surface area contributed by atoms with Crippen molar-refractivity contribution in [1.29, 1.82) is 0 Å². The first-order chi connectivity index (χ1) is 9.02. The molecule has 0 fully saturated rings. The summed E-state index contributed by atoms with van der Waals surface area (Å²) in [6, 6.07) is -0.271. The number of aliphatic imine (C=N–C) groups is 1. The molecule has 1 aliphatic heterocycles. The quantitative estimate of drug-likeness (QED) is 0.720. The monoisotopic (exact) mass is 304 g/mol. The number of nitrogens with zero attached hydrogens (tertiary/aromatic N) is 1. The summed E-state index contributed by atoms with van der Waals surface area (Å²) in [6.07, 6.45) is -0.193. The molecule has 0 aromatic heterocycles. The summed E-state index contributed by atoms with van der Waals surface area (Å²) in [4.78, 5) is 26.2. The molecular formula is C12H20N2O5S. The molecular weight excluding hydrogens is 284 g/mol. The van der Waals surface area contributed by atoms with Gasteiger partial charge in [0.1, 0.15) is 5.60 Å². The van der Waals surface area contributed by atoms with Gasteiger partial charge in [0.15, 0.2) is 0 Å². The van der Waals surface area contributed by atoms with Gasteiger partial charge in [-0.2, -0.15) is 0 Å². The zero-order chi connectivity index (χ0) is 15.6. The lowest BCUT2D eigenvalue weighted by molar-refractivity contribution is -0.154. The molecule has 3 N–H and O–H groups in total. The fraction of sp³-hybridized carbons (Fsp3) is 0.750. The number of hydrogen-bond donors (Lipinski definition) is 3. The molecule has 2 atom stereocenters. The number of aliphatic hydroxyl groups is 1. The average Bonchev–Trinajstić information content (AvgIpc) is 2.57. The molecule has 7 nitrogen and oxygen atoms in total. The molecule has 0 bridgehead atoms. The third-order valence-electron chi connectivity index (χ3n) is 2.34. The molecule has 1 aliphatic rings. The number of carboxylic acid groups (broad SMARTS) is 1. The Morgan fingerprint density at radius 3 is 2.60 bits per heavy atom. The summed E-state index contributed by atoms with van der Waals surface area (Å²) in [5, 5.41) is 21.6. The van der Waals surface area contributed by atoms with Gasteiger partial charge in [0.2, 0.25) is 0 Å². The van der Waals surface area contributed by atoms with Gasteiger partial charge in [0, 0.05) is 12.5 Å². The van der Waals surface area contributed by atoms with E-state index in [1.54, 1.807) is 27.7 Å². The molecule has 114 valence electrons. The molecule has 0 aromatic rings. The Morgan fingerprint density at radius 2 is 2.15 bits per heavy atom. The molecule has 1 amide bonds. The van der Waals surface area contributed by atoms with E-state index in [2.05, 4.69) is 10.3 Å². The highest BCUT2D eigenvalue weighted by Crippen LogP contribution is 2.28. The van der Waals surface area contributed by atoms with Crippen LogP contribution in [0.2, 0.25) is 0 Å². The smallest absolute Gasteiger partial charge is 0.407 e. The van der Waals surface area contributed by atoms with Crippen molar-refractivity contribution in [2.75, 3.05) is 5.75 Å². The van der Waals surface area contributed by atoms with Crippen molar-refractivity contribution in [1.82, 2.24) is 5.32 Å². The molecule has 1 heterocycles. The number of nitrogens with one attached hydrogen (secondary N) is 1. The highest BCUT2D eigenvalue weighted by Gasteiger charge is 2.41. The summed E-state index contributed by atoms with van der Waals surface area (Å²) in [7, 11) is 0. The van der Waals surface area contributed by atoms with Crippen LogP contribution >= 0.6 is 11.8 Å². The Bertz CT molecular complexity index is 432. The number of carboxylic acids is 1. The lowest BCUT2D eigenvalue weighted by atomic mass is 10.2. The topological polar surface area (TPSA) is 108 Å². The van der Waals surface area contributed by atoms with Gasteiger partial charge in [0.25, 0.3) is 5.72 Å². The van der Waals surface area contributed by atoms with E-state index in [0.717, 1.165) is 0 Å². The van der Waals surface area contributed by atoms with Crippen LogP contribution in [0, 0.1) is 0 Å². The summed E-state index contributed by atoms with van der Waals surface area (Å²) >= 11 is 1.17. The minimum absolute atomic E-state index is 0.0170. The standard InChI is InChI=1S/C12H20N2O5S/c1-7(13-10(17)19-11(2,3)4)5-8-14-12(18,6-20-8)9(15)16/h7,18H,5-6H2,1-4H3,(H,13,17)(H,15,16). The minimum atomic E-state index is -2.05. The van der Waals surface area contributed by atoms with Gasteiger partial charge in [-0.3, -0.25) is 0 Å². The fourth-order valence-corrected chi connectivity index (χ4v) is 2.63. The number of alkyl carbamates (subject to hydrolysis) is 1. The number of thioether (sulfide) groups is 1. The van der Waals surface area contributed by atoms with Gasteiger partial charge in [0.05, 0.1) is 10.8 Å². The summed E-state index contributed by atoms with van der Waals surface area (Å²) in [6.45, 7) is 7.05. The van der Waals surface area contributed by atoms with E-state index in [9.17, 15) is 14.7 Å². The van der Waals surface area contributed by atoms with E-state index in [0.29, 0.717) is 11.5 Å². The summed E-state index contributed by atoms with van der Waals surface area (Å²) in [5.41, 5.74) is -2.63. The molecule has 20 heavy (non-hydrogen) atoms. The number of carbonyl (C=O) groups excluding carboxylic acids is 1. The van der Waals surface area contributed by atoms with E-state index in [-0.39, 0.29) is 11.8 Å². The number of rotatable bonds is 4. The lowest BCUT2D eigenvalue weighted by Crippen LogP contribution is -2.38. The largest absolute Gasteiger partial charge is 0.478 e. The van der Waals surface area contributed by atoms with Crippen LogP contribution in [0.5, 0.6) is 0 Å². The molecule has 0 aliphatic carbocycles. The third-order valence-corrected chi connectivity index (χ3v) is 3.47. The van der Waals surface area contributed by atoms with Crippen LogP contribution in [0.25, 0.3) is 0 Å². The van der Waals surface area contributed by atoms with Crippen molar-refractivity contribution in [2.24, 2.45) is 4.99 Å². The predicted molar refractivity (Wildman–Crippen MR) is 75.9 cm³/mol. The highest BCUT2D eigenvalue weighted by molar-refractivity contribution is 8.14. The first kappa shape index (κ1) is 16.8. The molecule has 0 aromatic carbocycles. The Hall–Kier alpha value is -1.28. The zero-order valence-corrected chi connectivity index (χ0v) is 12.8. The Balaban J connectivity index is 2.50. The maximum atomic E-state index is 11.6. The van der Waals surface area contributed by atoms with Crippen LogP contribution in [-0.4, -0.2) is 50.4 Å². The number of aliphatic carboxylic acids is 1. The Kier molecular flexibility index (Phi) is 5.04. The normalized spacial score (nSPS) is 23.9. The molecule has 0 spiro atoms. The number of amides is 1. The van der Waals surface area contributed by atoms with E-state index in [1.165, 1.54) is 11.8 Å². The molecule has 0 saturated carbocycles. The summed E-state index contributed by atoms with van der Waals surface area (Å²) < 4.78 is 5.11. The fourth-order valence-electron chi connectivity index (χ4n) is 1.49. The Labute approximate surface area is 121 Å². The van der Waals surface area contributed by atoms with Crippen LogP contribution in [0.1, 0.15) is 34.1 Å². The van der Waals surface area contributed by atoms with Crippen molar-refractivity contribution >= 4 is 28.9 Å².